The van der Waals surface area contributed by atoms with Crippen LogP contribution in [0.4, 0.5) is 4.79 Å². The molecule has 1 fully saturated rings. The van der Waals surface area contributed by atoms with Crippen LogP contribution in [-0.4, -0.2) is 29.8 Å². The molecule has 1 atom stereocenters. The quantitative estimate of drug-likeness (QED) is 0.672. The van der Waals surface area contributed by atoms with E-state index in [9.17, 15) is 4.79 Å². The molecule has 0 aromatic heterocycles. The molecule has 2 amide bonds. The second kappa shape index (κ2) is 6.78. The lowest BCUT2D eigenvalue weighted by atomic mass is 9.87. The molecule has 2 rings (SSSR count). The first-order chi connectivity index (χ1) is 8.78. The molecule has 3 N–H and O–H groups in total. The van der Waals surface area contributed by atoms with Gasteiger partial charge in [-0.3, -0.25) is 0 Å². The molecule has 0 bridgehead atoms. The minimum Gasteiger partial charge on any atom is -0.396 e. The Morgan fingerprint density at radius 1 is 1.06 bits per heavy atom. The predicted octanol–water partition coefficient (Wildman–Crippen LogP) is 1.95. The maximum Gasteiger partial charge on any atom is 0.315 e. The highest BCUT2D eigenvalue weighted by molar-refractivity contribution is 5.74. The Kier molecular flexibility index (Phi) is 5.05. The van der Waals surface area contributed by atoms with E-state index in [4.69, 9.17) is 5.11 Å². The second-order valence-corrected chi connectivity index (χ2v) is 5.50. The summed E-state index contributed by atoms with van der Waals surface area (Å²) >= 11 is 0. The van der Waals surface area contributed by atoms with Gasteiger partial charge in [0.05, 0.1) is 0 Å². The summed E-state index contributed by atoms with van der Waals surface area (Å²) in [4.78, 5) is 11.8. The van der Waals surface area contributed by atoms with Crippen LogP contribution in [0.1, 0.15) is 44.9 Å². The standard InChI is InChI=1S/C14H24N2O2/c17-10-11-6-8-13(9-7-11)16-14(18)15-12-4-2-1-3-5-12/h1-2,11-13,17H,3-10H2,(H2,15,16,18). The molecule has 102 valence electrons. The summed E-state index contributed by atoms with van der Waals surface area (Å²) < 4.78 is 0. The van der Waals surface area contributed by atoms with Gasteiger partial charge in [0.15, 0.2) is 0 Å². The van der Waals surface area contributed by atoms with Gasteiger partial charge in [-0.25, -0.2) is 4.79 Å². The van der Waals surface area contributed by atoms with Crippen LogP contribution in [0.15, 0.2) is 12.2 Å². The average molecular weight is 252 g/mol. The molecule has 4 nitrogen and oxygen atoms in total. The third kappa shape index (κ3) is 4.02. The highest BCUT2D eigenvalue weighted by Gasteiger charge is 2.22. The van der Waals surface area contributed by atoms with Crippen molar-refractivity contribution in [3.8, 4) is 0 Å². The molecule has 1 saturated carbocycles. The van der Waals surface area contributed by atoms with Crippen molar-refractivity contribution in [3.05, 3.63) is 12.2 Å². The number of hydrogen-bond acceptors (Lipinski definition) is 2. The summed E-state index contributed by atoms with van der Waals surface area (Å²) in [5.74, 6) is 0.439. The topological polar surface area (TPSA) is 61.4 Å². The fraction of sp³-hybridized carbons (Fsp3) is 0.786. The van der Waals surface area contributed by atoms with Crippen LogP contribution in [0.5, 0.6) is 0 Å². The molecule has 4 heteroatoms. The molecule has 0 aromatic carbocycles. The number of carbonyl (C=O) groups is 1. The van der Waals surface area contributed by atoms with Crippen LogP contribution in [0.2, 0.25) is 0 Å². The number of nitrogens with one attached hydrogen (secondary N) is 2. The van der Waals surface area contributed by atoms with Crippen molar-refractivity contribution in [3.63, 3.8) is 0 Å². The van der Waals surface area contributed by atoms with E-state index < -0.39 is 0 Å². The summed E-state index contributed by atoms with van der Waals surface area (Å²) in [6, 6.07) is 0.554. The van der Waals surface area contributed by atoms with E-state index >= 15 is 0 Å². The third-order valence-electron chi connectivity index (χ3n) is 4.04. The highest BCUT2D eigenvalue weighted by atomic mass is 16.3. The van der Waals surface area contributed by atoms with Crippen LogP contribution in [0, 0.1) is 5.92 Å². The average Bonchev–Trinajstić information content (AvgIpc) is 2.40. The number of amides is 2. The van der Waals surface area contributed by atoms with Gasteiger partial charge in [-0.05, 0) is 50.9 Å². The molecule has 0 saturated heterocycles. The van der Waals surface area contributed by atoms with Gasteiger partial charge in [-0.1, -0.05) is 12.2 Å². The van der Waals surface area contributed by atoms with Crippen LogP contribution in [0.25, 0.3) is 0 Å². The van der Waals surface area contributed by atoms with Crippen molar-refractivity contribution < 1.29 is 9.90 Å². The normalized spacial score (nSPS) is 31.9. The van der Waals surface area contributed by atoms with Gasteiger partial charge in [-0.2, -0.15) is 0 Å². The largest absolute Gasteiger partial charge is 0.396 e. The van der Waals surface area contributed by atoms with Crippen molar-refractivity contribution in [2.45, 2.75) is 57.0 Å². The number of aliphatic hydroxyl groups excluding tert-OH is 1. The van der Waals surface area contributed by atoms with Crippen molar-refractivity contribution in [2.75, 3.05) is 6.61 Å². The Balaban J connectivity index is 1.66. The number of aliphatic hydroxyl groups is 1. The smallest absolute Gasteiger partial charge is 0.315 e. The van der Waals surface area contributed by atoms with E-state index in [0.29, 0.717) is 12.0 Å². The van der Waals surface area contributed by atoms with E-state index in [1.165, 1.54) is 0 Å². The molecule has 0 aliphatic heterocycles. The number of rotatable bonds is 3. The summed E-state index contributed by atoms with van der Waals surface area (Å²) in [6.45, 7) is 0.285. The summed E-state index contributed by atoms with van der Waals surface area (Å²) in [5.41, 5.74) is 0. The van der Waals surface area contributed by atoms with E-state index in [0.717, 1.165) is 44.9 Å². The Bertz CT molecular complexity index is 296. The maximum absolute atomic E-state index is 11.8. The maximum atomic E-state index is 11.8. The molecule has 0 radical (unpaired) electrons. The monoisotopic (exact) mass is 252 g/mol. The first-order valence-corrected chi connectivity index (χ1v) is 7.11. The molecule has 0 spiro atoms. The molecular formula is C14H24N2O2. The van der Waals surface area contributed by atoms with Gasteiger partial charge >= 0.3 is 6.03 Å². The zero-order valence-corrected chi connectivity index (χ0v) is 10.9. The molecule has 2 aliphatic rings. The van der Waals surface area contributed by atoms with Crippen LogP contribution < -0.4 is 10.6 Å². The summed E-state index contributed by atoms with van der Waals surface area (Å²) in [7, 11) is 0. The number of allylic oxidation sites excluding steroid dienone is 1. The molecule has 1 unspecified atom stereocenters. The van der Waals surface area contributed by atoms with Crippen molar-refractivity contribution in [2.24, 2.45) is 5.92 Å². The third-order valence-corrected chi connectivity index (χ3v) is 4.04. The Morgan fingerprint density at radius 3 is 2.39 bits per heavy atom. The zero-order valence-electron chi connectivity index (χ0n) is 10.9. The second-order valence-electron chi connectivity index (χ2n) is 5.50. The first kappa shape index (κ1) is 13.4. The zero-order chi connectivity index (χ0) is 12.8. The van der Waals surface area contributed by atoms with Crippen molar-refractivity contribution in [1.29, 1.82) is 0 Å². The van der Waals surface area contributed by atoms with Gasteiger partial charge in [-0.15, -0.1) is 0 Å². The lowest BCUT2D eigenvalue weighted by Gasteiger charge is -2.29. The first-order valence-electron chi connectivity index (χ1n) is 7.11. The van der Waals surface area contributed by atoms with Crippen LogP contribution in [-0.2, 0) is 0 Å². The minimum atomic E-state index is -0.0252. The molecule has 2 aliphatic carbocycles. The predicted molar refractivity (Wildman–Crippen MR) is 71.3 cm³/mol. The van der Waals surface area contributed by atoms with E-state index in [1.807, 2.05) is 0 Å². The lowest BCUT2D eigenvalue weighted by Crippen LogP contribution is -2.47. The number of urea groups is 1. The fourth-order valence-corrected chi connectivity index (χ4v) is 2.83. The van der Waals surface area contributed by atoms with Gasteiger partial charge in [0.1, 0.15) is 0 Å². The Labute approximate surface area is 109 Å². The number of hydrogen-bond donors (Lipinski definition) is 3. The van der Waals surface area contributed by atoms with Gasteiger partial charge < -0.3 is 15.7 Å². The van der Waals surface area contributed by atoms with E-state index in [2.05, 4.69) is 22.8 Å². The van der Waals surface area contributed by atoms with Crippen LogP contribution in [0.3, 0.4) is 0 Å². The van der Waals surface area contributed by atoms with E-state index in [-0.39, 0.29) is 18.7 Å². The SMILES string of the molecule is O=C(NC1CC=CCC1)NC1CCC(CO)CC1. The lowest BCUT2D eigenvalue weighted by molar-refractivity contribution is 0.174. The molecular weight excluding hydrogens is 228 g/mol. The summed E-state index contributed by atoms with van der Waals surface area (Å²) in [6.07, 6.45) is 11.4. The van der Waals surface area contributed by atoms with Gasteiger partial charge in [0.2, 0.25) is 0 Å². The number of carbonyl (C=O) groups excluding carboxylic acids is 1. The fourth-order valence-electron chi connectivity index (χ4n) is 2.83. The minimum absolute atomic E-state index is 0.0252. The van der Waals surface area contributed by atoms with Crippen molar-refractivity contribution in [1.82, 2.24) is 10.6 Å². The van der Waals surface area contributed by atoms with Gasteiger partial charge in [0, 0.05) is 18.7 Å². The van der Waals surface area contributed by atoms with E-state index in [1.54, 1.807) is 0 Å². The molecule has 18 heavy (non-hydrogen) atoms. The Morgan fingerprint density at radius 2 is 1.78 bits per heavy atom. The van der Waals surface area contributed by atoms with Crippen molar-refractivity contribution >= 4 is 6.03 Å². The van der Waals surface area contributed by atoms with Gasteiger partial charge in [0.25, 0.3) is 0 Å². The highest BCUT2D eigenvalue weighted by Crippen LogP contribution is 2.23. The Hall–Kier alpha value is -1.03. The summed E-state index contributed by atoms with van der Waals surface area (Å²) in [5, 5.41) is 15.2. The molecule has 0 aromatic rings. The van der Waals surface area contributed by atoms with Crippen LogP contribution >= 0.6 is 0 Å². The molecule has 0 heterocycles.